The standard InChI is InChI=1S/C11H19N5O2/c1-11(2,9(17)13-3)6-14-7-5-8(18-4)16-10(12)15-7/h5H,6H2,1-4H3,(H,13,17)(H3,12,14,15,16). The van der Waals surface area contributed by atoms with Crippen LogP contribution in [0.15, 0.2) is 6.07 Å². The van der Waals surface area contributed by atoms with Crippen molar-refractivity contribution in [2.24, 2.45) is 5.41 Å². The lowest BCUT2D eigenvalue weighted by molar-refractivity contribution is -0.128. The van der Waals surface area contributed by atoms with Gasteiger partial charge in [-0.1, -0.05) is 0 Å². The zero-order valence-corrected chi connectivity index (χ0v) is 11.1. The van der Waals surface area contributed by atoms with Crippen LogP contribution in [0.25, 0.3) is 0 Å². The van der Waals surface area contributed by atoms with E-state index in [1.165, 1.54) is 7.11 Å². The molecule has 100 valence electrons. The van der Waals surface area contributed by atoms with Crippen LogP contribution in [0, 0.1) is 5.41 Å². The van der Waals surface area contributed by atoms with Crippen molar-refractivity contribution in [2.75, 3.05) is 31.8 Å². The average molecular weight is 253 g/mol. The fourth-order valence-electron chi connectivity index (χ4n) is 1.37. The predicted octanol–water partition coefficient (Wildman–Crippen LogP) is 0.252. The number of anilines is 2. The predicted molar refractivity (Wildman–Crippen MR) is 69.3 cm³/mol. The van der Waals surface area contributed by atoms with E-state index < -0.39 is 5.41 Å². The molecule has 0 aliphatic heterocycles. The lowest BCUT2D eigenvalue weighted by Crippen LogP contribution is -2.39. The second kappa shape index (κ2) is 5.52. The van der Waals surface area contributed by atoms with Gasteiger partial charge >= 0.3 is 0 Å². The van der Waals surface area contributed by atoms with Crippen LogP contribution >= 0.6 is 0 Å². The minimum absolute atomic E-state index is 0.0519. The van der Waals surface area contributed by atoms with E-state index in [0.717, 1.165) is 0 Å². The fraction of sp³-hybridized carbons (Fsp3) is 0.545. The number of carbonyl (C=O) groups is 1. The number of nitrogens with two attached hydrogens (primary N) is 1. The highest BCUT2D eigenvalue weighted by Gasteiger charge is 2.26. The molecular formula is C11H19N5O2. The molecule has 4 N–H and O–H groups in total. The summed E-state index contributed by atoms with van der Waals surface area (Å²) in [4.78, 5) is 19.5. The van der Waals surface area contributed by atoms with Crippen LogP contribution in [0.2, 0.25) is 0 Å². The van der Waals surface area contributed by atoms with Crippen LogP contribution in [-0.4, -0.2) is 36.6 Å². The molecule has 1 amide bonds. The minimum atomic E-state index is -0.554. The van der Waals surface area contributed by atoms with Crippen LogP contribution < -0.4 is 21.1 Å². The summed E-state index contributed by atoms with van der Waals surface area (Å²) in [5.41, 5.74) is 4.98. The number of hydrogen-bond acceptors (Lipinski definition) is 6. The van der Waals surface area contributed by atoms with Gasteiger partial charge in [0.2, 0.25) is 17.7 Å². The van der Waals surface area contributed by atoms with Crippen molar-refractivity contribution in [2.45, 2.75) is 13.8 Å². The van der Waals surface area contributed by atoms with Crippen LogP contribution in [0.3, 0.4) is 0 Å². The first-order chi connectivity index (χ1) is 8.39. The summed E-state index contributed by atoms with van der Waals surface area (Å²) in [6.45, 7) is 4.09. The maximum Gasteiger partial charge on any atom is 0.227 e. The van der Waals surface area contributed by atoms with Crippen molar-refractivity contribution in [1.29, 1.82) is 0 Å². The maximum absolute atomic E-state index is 11.6. The quantitative estimate of drug-likeness (QED) is 0.695. The number of hydrogen-bond donors (Lipinski definition) is 3. The summed E-state index contributed by atoms with van der Waals surface area (Å²) in [5.74, 6) is 0.970. The van der Waals surface area contributed by atoms with Crippen molar-refractivity contribution >= 4 is 17.7 Å². The Morgan fingerprint density at radius 1 is 1.50 bits per heavy atom. The maximum atomic E-state index is 11.6. The first-order valence-corrected chi connectivity index (χ1v) is 5.53. The SMILES string of the molecule is CNC(=O)C(C)(C)CNc1cc(OC)nc(N)n1. The van der Waals surface area contributed by atoms with Crippen molar-refractivity contribution in [3.63, 3.8) is 0 Å². The number of nitrogens with one attached hydrogen (secondary N) is 2. The van der Waals surface area contributed by atoms with Gasteiger partial charge in [0.15, 0.2) is 0 Å². The Bertz CT molecular complexity index is 433. The summed E-state index contributed by atoms with van der Waals surface area (Å²) in [6, 6.07) is 1.62. The highest BCUT2D eigenvalue weighted by atomic mass is 16.5. The number of nitrogen functional groups attached to an aromatic ring is 1. The highest BCUT2D eigenvalue weighted by molar-refractivity contribution is 5.82. The third-order valence-corrected chi connectivity index (χ3v) is 2.48. The van der Waals surface area contributed by atoms with E-state index in [1.54, 1.807) is 13.1 Å². The van der Waals surface area contributed by atoms with E-state index in [9.17, 15) is 4.79 Å². The first kappa shape index (κ1) is 14.0. The second-order valence-corrected chi connectivity index (χ2v) is 4.47. The summed E-state index contributed by atoms with van der Waals surface area (Å²) >= 11 is 0. The van der Waals surface area contributed by atoms with E-state index in [2.05, 4.69) is 20.6 Å². The van der Waals surface area contributed by atoms with Crippen molar-refractivity contribution in [3.8, 4) is 5.88 Å². The highest BCUT2D eigenvalue weighted by Crippen LogP contribution is 2.18. The van der Waals surface area contributed by atoms with Gasteiger partial charge in [-0.05, 0) is 13.8 Å². The largest absolute Gasteiger partial charge is 0.481 e. The van der Waals surface area contributed by atoms with Crippen LogP contribution in [-0.2, 0) is 4.79 Å². The second-order valence-electron chi connectivity index (χ2n) is 4.47. The number of carbonyl (C=O) groups excluding carboxylic acids is 1. The zero-order chi connectivity index (χ0) is 13.8. The molecular weight excluding hydrogens is 234 g/mol. The molecule has 0 spiro atoms. The molecule has 1 heterocycles. The molecule has 0 atom stereocenters. The number of nitrogens with zero attached hydrogens (tertiary/aromatic N) is 2. The molecule has 7 heteroatoms. The van der Waals surface area contributed by atoms with Gasteiger partial charge in [-0.3, -0.25) is 4.79 Å². The van der Waals surface area contributed by atoms with Gasteiger partial charge in [-0.15, -0.1) is 0 Å². The topological polar surface area (TPSA) is 102 Å². The van der Waals surface area contributed by atoms with Gasteiger partial charge in [-0.25, -0.2) is 0 Å². The van der Waals surface area contributed by atoms with Crippen molar-refractivity contribution < 1.29 is 9.53 Å². The van der Waals surface area contributed by atoms with E-state index >= 15 is 0 Å². The molecule has 0 bridgehead atoms. The molecule has 0 radical (unpaired) electrons. The minimum Gasteiger partial charge on any atom is -0.481 e. The van der Waals surface area contributed by atoms with Crippen LogP contribution in [0.1, 0.15) is 13.8 Å². The lowest BCUT2D eigenvalue weighted by atomic mass is 9.92. The Balaban J connectivity index is 2.74. The molecule has 1 aromatic heterocycles. The molecule has 0 saturated heterocycles. The normalized spacial score (nSPS) is 10.9. The molecule has 0 fully saturated rings. The third-order valence-electron chi connectivity index (χ3n) is 2.48. The molecule has 1 aromatic rings. The molecule has 1 rings (SSSR count). The van der Waals surface area contributed by atoms with Crippen LogP contribution in [0.4, 0.5) is 11.8 Å². The Morgan fingerprint density at radius 3 is 2.72 bits per heavy atom. The Hall–Kier alpha value is -2.05. The van der Waals surface area contributed by atoms with E-state index in [4.69, 9.17) is 10.5 Å². The van der Waals surface area contributed by atoms with Gasteiger partial charge in [0.1, 0.15) is 5.82 Å². The fourth-order valence-corrected chi connectivity index (χ4v) is 1.37. The Morgan fingerprint density at radius 2 is 2.17 bits per heavy atom. The Labute approximate surface area is 106 Å². The summed E-state index contributed by atoms with van der Waals surface area (Å²) in [5, 5.41) is 5.66. The monoisotopic (exact) mass is 253 g/mol. The molecule has 0 unspecified atom stereocenters. The first-order valence-electron chi connectivity index (χ1n) is 5.53. The lowest BCUT2D eigenvalue weighted by Gasteiger charge is -2.23. The molecule has 7 nitrogen and oxygen atoms in total. The Kier molecular flexibility index (Phi) is 4.30. The number of rotatable bonds is 5. The van der Waals surface area contributed by atoms with Gasteiger partial charge in [-0.2, -0.15) is 9.97 Å². The third kappa shape index (κ3) is 3.47. The van der Waals surface area contributed by atoms with Gasteiger partial charge in [0.25, 0.3) is 0 Å². The number of ether oxygens (including phenoxy) is 1. The van der Waals surface area contributed by atoms with Crippen molar-refractivity contribution in [3.05, 3.63) is 6.07 Å². The molecule has 0 aliphatic carbocycles. The van der Waals surface area contributed by atoms with Gasteiger partial charge in [0, 0.05) is 19.7 Å². The summed E-state index contributed by atoms with van der Waals surface area (Å²) < 4.78 is 4.99. The summed E-state index contributed by atoms with van der Waals surface area (Å²) in [6.07, 6.45) is 0. The molecule has 0 aliphatic rings. The smallest absolute Gasteiger partial charge is 0.227 e. The van der Waals surface area contributed by atoms with E-state index in [0.29, 0.717) is 18.2 Å². The zero-order valence-electron chi connectivity index (χ0n) is 11.1. The van der Waals surface area contributed by atoms with Gasteiger partial charge in [0.05, 0.1) is 12.5 Å². The summed E-state index contributed by atoms with van der Waals surface area (Å²) in [7, 11) is 3.11. The van der Waals surface area contributed by atoms with Crippen LogP contribution in [0.5, 0.6) is 5.88 Å². The van der Waals surface area contributed by atoms with Gasteiger partial charge < -0.3 is 21.1 Å². The number of methoxy groups -OCH3 is 1. The van der Waals surface area contributed by atoms with E-state index in [-0.39, 0.29) is 11.9 Å². The average Bonchev–Trinajstić information content (AvgIpc) is 2.34. The van der Waals surface area contributed by atoms with E-state index in [1.807, 2.05) is 13.8 Å². The number of aromatic nitrogens is 2. The number of amides is 1. The molecule has 18 heavy (non-hydrogen) atoms. The molecule has 0 saturated carbocycles. The molecule has 0 aromatic carbocycles. The van der Waals surface area contributed by atoms with Crippen molar-refractivity contribution in [1.82, 2.24) is 15.3 Å².